The van der Waals surface area contributed by atoms with Gasteiger partial charge in [0.25, 0.3) is 0 Å². The van der Waals surface area contributed by atoms with Crippen LogP contribution in [0, 0.1) is 0 Å². The summed E-state index contributed by atoms with van der Waals surface area (Å²) in [6, 6.07) is 0.133. The van der Waals surface area contributed by atoms with Crippen molar-refractivity contribution in [3.8, 4) is 0 Å². The number of thioether (sulfide) groups is 1. The van der Waals surface area contributed by atoms with Crippen molar-refractivity contribution in [3.63, 3.8) is 0 Å². The number of methoxy groups -OCH3 is 1. The maximum absolute atomic E-state index is 11.3. The van der Waals surface area contributed by atoms with Gasteiger partial charge in [0.05, 0.1) is 7.11 Å². The van der Waals surface area contributed by atoms with Crippen LogP contribution >= 0.6 is 11.8 Å². The molecule has 14 heavy (non-hydrogen) atoms. The van der Waals surface area contributed by atoms with Gasteiger partial charge in [0.1, 0.15) is 5.25 Å². The van der Waals surface area contributed by atoms with E-state index < -0.39 is 0 Å². The van der Waals surface area contributed by atoms with Crippen molar-refractivity contribution < 1.29 is 9.53 Å². The molecule has 3 nitrogen and oxygen atoms in total. The Hall–Kier alpha value is -0.220. The molecule has 2 atom stereocenters. The SMILES string of the molecule is CCCCC(SCC(C)N)C(=O)OC. The molecule has 0 saturated heterocycles. The lowest BCUT2D eigenvalue weighted by atomic mass is 10.2. The number of carbonyl (C=O) groups is 1. The van der Waals surface area contributed by atoms with Crippen LogP contribution in [0.2, 0.25) is 0 Å². The number of hydrogen-bond donors (Lipinski definition) is 1. The molecule has 0 aliphatic heterocycles. The van der Waals surface area contributed by atoms with E-state index in [-0.39, 0.29) is 17.3 Å². The lowest BCUT2D eigenvalue weighted by molar-refractivity contribution is -0.140. The number of carbonyl (C=O) groups excluding carboxylic acids is 1. The predicted molar refractivity (Wildman–Crippen MR) is 61.4 cm³/mol. The highest BCUT2D eigenvalue weighted by Gasteiger charge is 2.19. The van der Waals surface area contributed by atoms with Gasteiger partial charge in [-0.1, -0.05) is 19.8 Å². The van der Waals surface area contributed by atoms with Crippen LogP contribution in [0.4, 0.5) is 0 Å². The van der Waals surface area contributed by atoms with Crippen molar-refractivity contribution in [2.24, 2.45) is 5.73 Å². The van der Waals surface area contributed by atoms with Crippen molar-refractivity contribution in [2.45, 2.75) is 44.4 Å². The van der Waals surface area contributed by atoms with Crippen LogP contribution in [-0.4, -0.2) is 30.1 Å². The maximum atomic E-state index is 11.3. The molecule has 84 valence electrons. The summed E-state index contributed by atoms with van der Waals surface area (Å²) in [7, 11) is 1.44. The molecule has 2 N–H and O–H groups in total. The number of hydrogen-bond acceptors (Lipinski definition) is 4. The minimum absolute atomic E-state index is 0.0362. The van der Waals surface area contributed by atoms with Gasteiger partial charge >= 0.3 is 5.97 Å². The third kappa shape index (κ3) is 6.27. The highest BCUT2D eigenvalue weighted by atomic mass is 32.2. The maximum Gasteiger partial charge on any atom is 0.318 e. The highest BCUT2D eigenvalue weighted by molar-refractivity contribution is 8.00. The zero-order valence-electron chi connectivity index (χ0n) is 9.29. The Morgan fingerprint density at radius 1 is 1.57 bits per heavy atom. The lowest BCUT2D eigenvalue weighted by Crippen LogP contribution is -2.24. The Morgan fingerprint density at radius 3 is 2.64 bits per heavy atom. The average molecular weight is 219 g/mol. The summed E-state index contributed by atoms with van der Waals surface area (Å²) in [4.78, 5) is 11.3. The van der Waals surface area contributed by atoms with Gasteiger partial charge in [-0.25, -0.2) is 0 Å². The number of esters is 1. The monoisotopic (exact) mass is 219 g/mol. The lowest BCUT2D eigenvalue weighted by Gasteiger charge is -2.14. The van der Waals surface area contributed by atoms with Gasteiger partial charge < -0.3 is 10.5 Å². The van der Waals surface area contributed by atoms with Crippen LogP contribution in [0.5, 0.6) is 0 Å². The van der Waals surface area contributed by atoms with E-state index in [4.69, 9.17) is 10.5 Å². The van der Waals surface area contributed by atoms with Crippen molar-refractivity contribution >= 4 is 17.7 Å². The van der Waals surface area contributed by atoms with E-state index in [2.05, 4.69) is 6.92 Å². The van der Waals surface area contributed by atoms with Crippen LogP contribution in [0.3, 0.4) is 0 Å². The van der Waals surface area contributed by atoms with E-state index in [1.165, 1.54) is 7.11 Å². The molecule has 2 unspecified atom stereocenters. The Kier molecular flexibility index (Phi) is 7.99. The molecule has 0 aromatic heterocycles. The standard InChI is InChI=1S/C10H21NO2S/c1-4-5-6-9(10(12)13-3)14-7-8(2)11/h8-9H,4-7,11H2,1-3H3. The largest absolute Gasteiger partial charge is 0.468 e. The van der Waals surface area contributed by atoms with E-state index >= 15 is 0 Å². The Morgan fingerprint density at radius 2 is 2.21 bits per heavy atom. The summed E-state index contributed by atoms with van der Waals surface area (Å²) in [6.07, 6.45) is 3.05. The van der Waals surface area contributed by atoms with Crippen LogP contribution in [0.1, 0.15) is 33.1 Å². The summed E-state index contributed by atoms with van der Waals surface area (Å²) in [6.45, 7) is 4.06. The van der Waals surface area contributed by atoms with Crippen LogP contribution in [0.15, 0.2) is 0 Å². The molecule has 0 fully saturated rings. The number of nitrogens with two attached hydrogens (primary N) is 1. The van der Waals surface area contributed by atoms with E-state index in [9.17, 15) is 4.79 Å². The summed E-state index contributed by atoms with van der Waals surface area (Å²) in [5.41, 5.74) is 5.64. The smallest absolute Gasteiger partial charge is 0.318 e. The van der Waals surface area contributed by atoms with Gasteiger partial charge in [0.15, 0.2) is 0 Å². The van der Waals surface area contributed by atoms with Gasteiger partial charge in [0.2, 0.25) is 0 Å². The van der Waals surface area contributed by atoms with Gasteiger partial charge in [-0.3, -0.25) is 4.79 Å². The molecule has 0 heterocycles. The second-order valence-corrected chi connectivity index (χ2v) is 4.70. The molecule has 0 amide bonds. The Labute approximate surface area is 90.8 Å². The fourth-order valence-corrected chi connectivity index (χ4v) is 2.16. The quantitative estimate of drug-likeness (QED) is 0.663. The first-order valence-corrected chi connectivity index (χ1v) is 6.11. The predicted octanol–water partition coefficient (Wildman–Crippen LogP) is 1.80. The van der Waals surface area contributed by atoms with Gasteiger partial charge in [-0.2, -0.15) is 0 Å². The third-order valence-corrected chi connectivity index (χ3v) is 3.39. The molecular weight excluding hydrogens is 198 g/mol. The summed E-state index contributed by atoms with van der Waals surface area (Å²) in [5, 5.41) is -0.0362. The van der Waals surface area contributed by atoms with Crippen molar-refractivity contribution in [1.82, 2.24) is 0 Å². The van der Waals surface area contributed by atoms with Crippen molar-refractivity contribution in [1.29, 1.82) is 0 Å². The zero-order chi connectivity index (χ0) is 11.0. The van der Waals surface area contributed by atoms with Gasteiger partial charge in [0, 0.05) is 11.8 Å². The highest BCUT2D eigenvalue weighted by Crippen LogP contribution is 2.19. The molecule has 0 saturated carbocycles. The fraction of sp³-hybridized carbons (Fsp3) is 0.900. The third-order valence-electron chi connectivity index (χ3n) is 1.84. The molecule has 0 bridgehead atoms. The Bertz CT molecular complexity index is 162. The molecule has 0 radical (unpaired) electrons. The van der Waals surface area contributed by atoms with E-state index in [0.29, 0.717) is 0 Å². The first-order chi connectivity index (χ1) is 6.61. The van der Waals surface area contributed by atoms with Gasteiger partial charge in [-0.05, 0) is 13.3 Å². The summed E-state index contributed by atoms with van der Waals surface area (Å²) >= 11 is 1.60. The topological polar surface area (TPSA) is 52.3 Å². The average Bonchev–Trinajstić information content (AvgIpc) is 2.16. The number of ether oxygens (including phenoxy) is 1. The first-order valence-electron chi connectivity index (χ1n) is 5.06. The summed E-state index contributed by atoms with van der Waals surface area (Å²) in [5.74, 6) is 0.688. The zero-order valence-corrected chi connectivity index (χ0v) is 10.1. The fourth-order valence-electron chi connectivity index (χ4n) is 1.06. The minimum Gasteiger partial charge on any atom is -0.468 e. The molecule has 0 aromatic rings. The Balaban J connectivity index is 3.90. The number of unbranched alkanes of at least 4 members (excludes halogenated alkanes) is 1. The second-order valence-electron chi connectivity index (χ2n) is 3.46. The molecule has 4 heteroatoms. The first kappa shape index (κ1) is 13.8. The molecule has 0 rings (SSSR count). The van der Waals surface area contributed by atoms with E-state index in [0.717, 1.165) is 25.0 Å². The normalized spacial score (nSPS) is 14.9. The van der Waals surface area contributed by atoms with Crippen LogP contribution in [-0.2, 0) is 9.53 Å². The van der Waals surface area contributed by atoms with Crippen LogP contribution < -0.4 is 5.73 Å². The second kappa shape index (κ2) is 8.12. The van der Waals surface area contributed by atoms with E-state index in [1.54, 1.807) is 11.8 Å². The molecule has 0 spiro atoms. The molecule has 0 aliphatic rings. The summed E-state index contributed by atoms with van der Waals surface area (Å²) < 4.78 is 4.74. The molecule has 0 aromatic carbocycles. The van der Waals surface area contributed by atoms with E-state index in [1.807, 2.05) is 6.92 Å². The van der Waals surface area contributed by atoms with Crippen molar-refractivity contribution in [3.05, 3.63) is 0 Å². The van der Waals surface area contributed by atoms with Gasteiger partial charge in [-0.15, -0.1) is 11.8 Å². The van der Waals surface area contributed by atoms with Crippen molar-refractivity contribution in [2.75, 3.05) is 12.9 Å². The number of rotatable bonds is 7. The molecular formula is C10H21NO2S. The molecule has 0 aliphatic carbocycles. The minimum atomic E-state index is -0.121. The van der Waals surface area contributed by atoms with Crippen LogP contribution in [0.25, 0.3) is 0 Å².